The number of amides is 1. The predicted octanol–water partition coefficient (Wildman–Crippen LogP) is 3.98. The molecule has 0 saturated heterocycles. The van der Waals surface area contributed by atoms with Crippen LogP contribution >= 0.6 is 0 Å². The van der Waals surface area contributed by atoms with Gasteiger partial charge in [0.25, 0.3) is 5.91 Å². The van der Waals surface area contributed by atoms with Crippen molar-refractivity contribution in [3.05, 3.63) is 72.3 Å². The second-order valence-electron chi connectivity index (χ2n) is 5.88. The number of rotatable bonds is 8. The van der Waals surface area contributed by atoms with Gasteiger partial charge >= 0.3 is 0 Å². The summed E-state index contributed by atoms with van der Waals surface area (Å²) in [4.78, 5) is 16.8. The summed E-state index contributed by atoms with van der Waals surface area (Å²) in [5, 5.41) is 0. The van der Waals surface area contributed by atoms with Crippen LogP contribution in [0.4, 0.5) is 5.69 Å². The fraction of sp³-hybridized carbons (Fsp3) is 0.286. The average molecular weight is 338 g/mol. The molecule has 1 amide bonds. The van der Waals surface area contributed by atoms with Gasteiger partial charge < -0.3 is 14.5 Å². The van der Waals surface area contributed by atoms with E-state index in [4.69, 9.17) is 4.74 Å². The van der Waals surface area contributed by atoms with Gasteiger partial charge in [0.1, 0.15) is 5.75 Å². The maximum atomic E-state index is 12.9. The zero-order valence-corrected chi connectivity index (χ0v) is 15.2. The second-order valence-corrected chi connectivity index (χ2v) is 5.88. The standard InChI is InChI=1S/C21H26N2O2/c1-5-15-23(16-17-7-13-20(25-4)14-8-17)21(24)18-9-11-19(12-10-18)22(3)6-2/h5,7-14H,1,6,15-16H2,2-4H3. The lowest BCUT2D eigenvalue weighted by Gasteiger charge is -2.22. The quantitative estimate of drug-likeness (QED) is 0.683. The van der Waals surface area contributed by atoms with E-state index in [1.165, 1.54) is 0 Å². The number of anilines is 1. The van der Waals surface area contributed by atoms with Crippen molar-refractivity contribution in [1.82, 2.24) is 4.90 Å². The first kappa shape index (κ1) is 18.6. The van der Waals surface area contributed by atoms with Gasteiger partial charge in [0, 0.05) is 37.9 Å². The molecule has 0 aliphatic heterocycles. The Morgan fingerprint density at radius 2 is 1.76 bits per heavy atom. The van der Waals surface area contributed by atoms with E-state index in [2.05, 4.69) is 18.4 Å². The van der Waals surface area contributed by atoms with Crippen LogP contribution in [-0.2, 0) is 6.54 Å². The van der Waals surface area contributed by atoms with Crippen molar-refractivity contribution < 1.29 is 9.53 Å². The van der Waals surface area contributed by atoms with Gasteiger partial charge in [-0.15, -0.1) is 6.58 Å². The van der Waals surface area contributed by atoms with E-state index in [-0.39, 0.29) is 5.91 Å². The van der Waals surface area contributed by atoms with Crippen molar-refractivity contribution in [3.63, 3.8) is 0 Å². The molecule has 0 heterocycles. The van der Waals surface area contributed by atoms with E-state index < -0.39 is 0 Å². The third-order valence-corrected chi connectivity index (χ3v) is 4.20. The topological polar surface area (TPSA) is 32.8 Å². The Morgan fingerprint density at radius 3 is 2.28 bits per heavy atom. The van der Waals surface area contributed by atoms with Crippen LogP contribution < -0.4 is 9.64 Å². The average Bonchev–Trinajstić information content (AvgIpc) is 2.67. The van der Waals surface area contributed by atoms with Crippen LogP contribution in [-0.4, -0.2) is 38.1 Å². The molecule has 0 radical (unpaired) electrons. The summed E-state index contributed by atoms with van der Waals surface area (Å²) in [6.07, 6.45) is 1.75. The van der Waals surface area contributed by atoms with Gasteiger partial charge in [-0.2, -0.15) is 0 Å². The molecule has 0 aromatic heterocycles. The first-order chi connectivity index (χ1) is 12.1. The van der Waals surface area contributed by atoms with Gasteiger partial charge in [-0.25, -0.2) is 0 Å². The molecular formula is C21H26N2O2. The fourth-order valence-corrected chi connectivity index (χ4v) is 2.55. The molecule has 4 nitrogen and oxygen atoms in total. The third-order valence-electron chi connectivity index (χ3n) is 4.20. The van der Waals surface area contributed by atoms with Crippen LogP contribution in [0.2, 0.25) is 0 Å². The van der Waals surface area contributed by atoms with E-state index in [0.29, 0.717) is 18.7 Å². The Kier molecular flexibility index (Phi) is 6.63. The van der Waals surface area contributed by atoms with E-state index in [1.54, 1.807) is 18.1 Å². The Bertz CT molecular complexity index is 693. The molecule has 4 heteroatoms. The molecule has 2 aromatic rings. The van der Waals surface area contributed by atoms with Crippen molar-refractivity contribution in [2.45, 2.75) is 13.5 Å². The summed E-state index contributed by atoms with van der Waals surface area (Å²) in [5.41, 5.74) is 2.84. The molecule has 0 saturated carbocycles. The van der Waals surface area contributed by atoms with Gasteiger partial charge in [0.05, 0.1) is 7.11 Å². The molecule has 132 valence electrons. The molecule has 0 unspecified atom stereocenters. The maximum Gasteiger partial charge on any atom is 0.254 e. The number of nitrogens with zero attached hydrogens (tertiary/aromatic N) is 2. The first-order valence-corrected chi connectivity index (χ1v) is 8.43. The minimum absolute atomic E-state index is 0.00131. The Labute approximate surface area is 150 Å². The number of hydrogen-bond acceptors (Lipinski definition) is 3. The highest BCUT2D eigenvalue weighted by Gasteiger charge is 2.15. The van der Waals surface area contributed by atoms with Crippen LogP contribution in [0.5, 0.6) is 5.75 Å². The van der Waals surface area contributed by atoms with Gasteiger partial charge in [-0.05, 0) is 48.9 Å². The highest BCUT2D eigenvalue weighted by molar-refractivity contribution is 5.94. The van der Waals surface area contributed by atoms with Crippen LogP contribution in [0.3, 0.4) is 0 Å². The monoisotopic (exact) mass is 338 g/mol. The molecule has 0 fully saturated rings. The van der Waals surface area contributed by atoms with Gasteiger partial charge in [0.15, 0.2) is 0 Å². The van der Waals surface area contributed by atoms with Gasteiger partial charge in [-0.1, -0.05) is 18.2 Å². The molecule has 25 heavy (non-hydrogen) atoms. The highest BCUT2D eigenvalue weighted by Crippen LogP contribution is 2.17. The van der Waals surface area contributed by atoms with Crippen molar-refractivity contribution in [2.75, 3.05) is 32.1 Å². The molecule has 0 aliphatic carbocycles. The van der Waals surface area contributed by atoms with E-state index in [1.807, 2.05) is 55.6 Å². The number of ether oxygens (including phenoxy) is 1. The van der Waals surface area contributed by atoms with Crippen molar-refractivity contribution in [3.8, 4) is 5.75 Å². The summed E-state index contributed by atoms with van der Waals surface area (Å²) in [6, 6.07) is 15.5. The lowest BCUT2D eigenvalue weighted by atomic mass is 10.1. The lowest BCUT2D eigenvalue weighted by molar-refractivity contribution is 0.0762. The van der Waals surface area contributed by atoms with E-state index >= 15 is 0 Å². The Balaban J connectivity index is 2.14. The first-order valence-electron chi connectivity index (χ1n) is 8.43. The lowest BCUT2D eigenvalue weighted by Crippen LogP contribution is -2.30. The minimum Gasteiger partial charge on any atom is -0.497 e. The number of carbonyl (C=O) groups is 1. The number of methoxy groups -OCH3 is 1. The van der Waals surface area contributed by atoms with Crippen LogP contribution in [0.1, 0.15) is 22.8 Å². The molecule has 0 aliphatic rings. The summed E-state index contributed by atoms with van der Waals surface area (Å²) in [6.45, 7) is 7.83. The van der Waals surface area contributed by atoms with E-state index in [0.717, 1.165) is 23.5 Å². The summed E-state index contributed by atoms with van der Waals surface area (Å²) in [5.74, 6) is 0.808. The van der Waals surface area contributed by atoms with Crippen LogP contribution in [0, 0.1) is 0 Å². The summed E-state index contributed by atoms with van der Waals surface area (Å²) in [7, 11) is 3.67. The molecule has 2 aromatic carbocycles. The van der Waals surface area contributed by atoms with Gasteiger partial charge in [0.2, 0.25) is 0 Å². The van der Waals surface area contributed by atoms with E-state index in [9.17, 15) is 4.79 Å². The SMILES string of the molecule is C=CCN(Cc1ccc(OC)cc1)C(=O)c1ccc(N(C)CC)cc1. The fourth-order valence-electron chi connectivity index (χ4n) is 2.55. The molecule has 0 atom stereocenters. The zero-order valence-electron chi connectivity index (χ0n) is 15.2. The molecule has 0 N–H and O–H groups in total. The Hall–Kier alpha value is -2.75. The predicted molar refractivity (Wildman–Crippen MR) is 103 cm³/mol. The smallest absolute Gasteiger partial charge is 0.254 e. The third kappa shape index (κ3) is 4.86. The maximum absolute atomic E-state index is 12.9. The summed E-state index contributed by atoms with van der Waals surface area (Å²) >= 11 is 0. The number of carbonyl (C=O) groups excluding carboxylic acids is 1. The number of hydrogen-bond donors (Lipinski definition) is 0. The van der Waals surface area contributed by atoms with Gasteiger partial charge in [-0.3, -0.25) is 4.79 Å². The summed E-state index contributed by atoms with van der Waals surface area (Å²) < 4.78 is 5.18. The largest absolute Gasteiger partial charge is 0.497 e. The van der Waals surface area contributed by atoms with Crippen LogP contribution in [0.15, 0.2) is 61.2 Å². The van der Waals surface area contributed by atoms with Crippen molar-refractivity contribution >= 4 is 11.6 Å². The second kappa shape index (κ2) is 8.92. The van der Waals surface area contributed by atoms with Crippen molar-refractivity contribution in [1.29, 1.82) is 0 Å². The molecular weight excluding hydrogens is 312 g/mol. The Morgan fingerprint density at radius 1 is 1.12 bits per heavy atom. The highest BCUT2D eigenvalue weighted by atomic mass is 16.5. The normalized spacial score (nSPS) is 10.2. The molecule has 0 spiro atoms. The molecule has 2 rings (SSSR count). The van der Waals surface area contributed by atoms with Crippen molar-refractivity contribution in [2.24, 2.45) is 0 Å². The zero-order chi connectivity index (χ0) is 18.2. The van der Waals surface area contributed by atoms with Crippen LogP contribution in [0.25, 0.3) is 0 Å². The minimum atomic E-state index is 0.00131. The number of benzene rings is 2. The molecule has 0 bridgehead atoms.